The summed E-state index contributed by atoms with van der Waals surface area (Å²) in [6.45, 7) is 1.88. The summed E-state index contributed by atoms with van der Waals surface area (Å²) in [5.74, 6) is -0.481. The van der Waals surface area contributed by atoms with E-state index in [1.165, 1.54) is 36.6 Å². The van der Waals surface area contributed by atoms with Crippen LogP contribution in [-0.4, -0.2) is 15.5 Å². The summed E-state index contributed by atoms with van der Waals surface area (Å²) in [4.78, 5) is 0.822. The largest absolute Gasteiger partial charge is 0.326 e. The third-order valence-corrected chi connectivity index (χ3v) is 6.24. The first-order valence-electron chi connectivity index (χ1n) is 5.89. The van der Waals surface area contributed by atoms with Crippen molar-refractivity contribution in [1.29, 1.82) is 0 Å². The molecule has 0 amide bonds. The van der Waals surface area contributed by atoms with Crippen molar-refractivity contribution in [3.8, 4) is 0 Å². The summed E-state index contributed by atoms with van der Waals surface area (Å²) in [5.41, 5.74) is 6.52. The van der Waals surface area contributed by atoms with Crippen molar-refractivity contribution in [3.63, 3.8) is 0 Å². The van der Waals surface area contributed by atoms with E-state index in [4.69, 9.17) is 5.73 Å². The van der Waals surface area contributed by atoms with E-state index in [9.17, 15) is 12.8 Å². The van der Waals surface area contributed by atoms with E-state index in [1.54, 1.807) is 18.4 Å². The van der Waals surface area contributed by atoms with Gasteiger partial charge in [-0.1, -0.05) is 6.07 Å². The van der Waals surface area contributed by atoms with Gasteiger partial charge in [0.05, 0.1) is 5.69 Å². The minimum absolute atomic E-state index is 0.157. The van der Waals surface area contributed by atoms with Crippen LogP contribution in [0.25, 0.3) is 0 Å². The average Bonchev–Trinajstić information content (AvgIpc) is 2.79. The normalized spacial score (nSPS) is 11.6. The van der Waals surface area contributed by atoms with Crippen LogP contribution in [0.2, 0.25) is 0 Å². The molecule has 0 aliphatic heterocycles. The zero-order chi connectivity index (χ0) is 14.9. The quantitative estimate of drug-likeness (QED) is 0.943. The zero-order valence-corrected chi connectivity index (χ0v) is 12.8. The Hall–Kier alpha value is -1.44. The molecule has 7 heteroatoms. The maximum Gasteiger partial charge on any atom is 0.265 e. The second kappa shape index (κ2) is 5.51. The van der Waals surface area contributed by atoms with Crippen molar-refractivity contribution < 1.29 is 12.8 Å². The predicted molar refractivity (Wildman–Crippen MR) is 78.9 cm³/mol. The van der Waals surface area contributed by atoms with Gasteiger partial charge in [0.1, 0.15) is 10.7 Å². The highest BCUT2D eigenvalue weighted by Gasteiger charge is 2.27. The highest BCUT2D eigenvalue weighted by Crippen LogP contribution is 2.31. The fraction of sp³-hybridized carbons (Fsp3) is 0.231. The molecule has 0 aliphatic carbocycles. The van der Waals surface area contributed by atoms with E-state index in [-0.39, 0.29) is 17.1 Å². The molecule has 0 saturated heterocycles. The maximum atomic E-state index is 13.2. The topological polar surface area (TPSA) is 63.4 Å². The van der Waals surface area contributed by atoms with Crippen molar-refractivity contribution in [2.75, 3.05) is 11.4 Å². The Labute approximate surface area is 121 Å². The van der Waals surface area contributed by atoms with Gasteiger partial charge < -0.3 is 5.73 Å². The molecule has 0 spiro atoms. The van der Waals surface area contributed by atoms with Crippen LogP contribution in [0.5, 0.6) is 0 Å². The lowest BCUT2D eigenvalue weighted by Gasteiger charge is -2.20. The Morgan fingerprint density at radius 3 is 2.70 bits per heavy atom. The van der Waals surface area contributed by atoms with Gasteiger partial charge in [0, 0.05) is 18.5 Å². The van der Waals surface area contributed by atoms with Gasteiger partial charge in [-0.15, -0.1) is 11.3 Å². The molecule has 0 radical (unpaired) electrons. The van der Waals surface area contributed by atoms with Crippen LogP contribution in [0, 0.1) is 12.7 Å². The van der Waals surface area contributed by atoms with Gasteiger partial charge in [-0.25, -0.2) is 12.8 Å². The first-order valence-corrected chi connectivity index (χ1v) is 8.21. The molecule has 2 aromatic rings. The molecule has 0 unspecified atom stereocenters. The molecular weight excluding hydrogens is 299 g/mol. The molecule has 1 aromatic carbocycles. The highest BCUT2D eigenvalue weighted by molar-refractivity contribution is 7.93. The van der Waals surface area contributed by atoms with E-state index in [0.717, 1.165) is 4.31 Å². The number of anilines is 1. The lowest BCUT2D eigenvalue weighted by atomic mass is 10.3. The molecule has 1 aromatic heterocycles. The number of halogens is 1. The number of hydrogen-bond acceptors (Lipinski definition) is 4. The van der Waals surface area contributed by atoms with Crippen LogP contribution < -0.4 is 10.0 Å². The number of rotatable bonds is 4. The predicted octanol–water partition coefficient (Wildman–Crippen LogP) is 2.48. The van der Waals surface area contributed by atoms with Crippen molar-refractivity contribution >= 4 is 27.0 Å². The van der Waals surface area contributed by atoms with Crippen LogP contribution in [0.1, 0.15) is 10.4 Å². The number of nitrogens with zero attached hydrogens (tertiary/aromatic N) is 1. The van der Waals surface area contributed by atoms with Crippen LogP contribution in [0.3, 0.4) is 0 Å². The van der Waals surface area contributed by atoms with Crippen molar-refractivity contribution in [2.45, 2.75) is 18.4 Å². The van der Waals surface area contributed by atoms with E-state index in [2.05, 4.69) is 0 Å². The van der Waals surface area contributed by atoms with Gasteiger partial charge in [-0.2, -0.15) is 0 Å². The molecular formula is C13H15FN2O2S2. The molecule has 0 aliphatic rings. The molecule has 108 valence electrons. The summed E-state index contributed by atoms with van der Waals surface area (Å²) >= 11 is 1.31. The molecule has 20 heavy (non-hydrogen) atoms. The Bertz CT molecular complexity index is 726. The standard InChI is InChI=1S/C13H15FN2O2S2/c1-9-8-19-12(7-15)13(9)20(17,18)16(2)11-5-3-4-10(14)6-11/h3-6,8H,7,15H2,1-2H3. The Kier molecular flexibility index (Phi) is 4.12. The van der Waals surface area contributed by atoms with Gasteiger partial charge in [0.25, 0.3) is 10.0 Å². The molecule has 0 bridgehead atoms. The summed E-state index contributed by atoms with van der Waals surface area (Å²) in [6, 6.07) is 5.47. The van der Waals surface area contributed by atoms with Gasteiger partial charge >= 0.3 is 0 Å². The number of benzene rings is 1. The fourth-order valence-corrected chi connectivity index (χ4v) is 4.76. The number of thiophene rings is 1. The third kappa shape index (κ3) is 2.56. The average molecular weight is 314 g/mol. The number of aryl methyl sites for hydroxylation is 1. The number of nitrogens with two attached hydrogens (primary N) is 1. The Morgan fingerprint density at radius 1 is 1.40 bits per heavy atom. The van der Waals surface area contributed by atoms with Crippen molar-refractivity contribution in [3.05, 3.63) is 45.9 Å². The summed E-state index contributed by atoms with van der Waals surface area (Å²) < 4.78 is 39.6. The van der Waals surface area contributed by atoms with Gasteiger partial charge in [-0.3, -0.25) is 4.31 Å². The van der Waals surface area contributed by atoms with E-state index in [0.29, 0.717) is 10.4 Å². The molecule has 4 nitrogen and oxygen atoms in total. The van der Waals surface area contributed by atoms with Crippen molar-refractivity contribution in [2.24, 2.45) is 5.73 Å². The van der Waals surface area contributed by atoms with E-state index >= 15 is 0 Å². The minimum Gasteiger partial charge on any atom is -0.326 e. The van der Waals surface area contributed by atoms with Gasteiger partial charge in [-0.05, 0) is 36.1 Å². The lowest BCUT2D eigenvalue weighted by Crippen LogP contribution is -2.27. The monoisotopic (exact) mass is 314 g/mol. The van der Waals surface area contributed by atoms with Crippen LogP contribution >= 0.6 is 11.3 Å². The van der Waals surface area contributed by atoms with E-state index < -0.39 is 15.8 Å². The smallest absolute Gasteiger partial charge is 0.265 e. The highest BCUT2D eigenvalue weighted by atomic mass is 32.2. The second-order valence-electron chi connectivity index (χ2n) is 4.33. The van der Waals surface area contributed by atoms with Crippen molar-refractivity contribution in [1.82, 2.24) is 0 Å². The SMILES string of the molecule is Cc1csc(CN)c1S(=O)(=O)N(C)c1cccc(F)c1. The second-order valence-corrected chi connectivity index (χ2v) is 7.20. The molecule has 2 rings (SSSR count). The summed E-state index contributed by atoms with van der Waals surface area (Å²) in [7, 11) is -2.34. The number of sulfonamides is 1. The molecule has 1 heterocycles. The van der Waals surface area contributed by atoms with Gasteiger partial charge in [0.15, 0.2) is 0 Å². The third-order valence-electron chi connectivity index (χ3n) is 2.97. The molecule has 2 N–H and O–H groups in total. The molecule has 0 atom stereocenters. The first kappa shape index (κ1) is 15.0. The Morgan fingerprint density at radius 2 is 2.10 bits per heavy atom. The van der Waals surface area contributed by atoms with Gasteiger partial charge in [0.2, 0.25) is 0 Å². The van der Waals surface area contributed by atoms with Crippen LogP contribution in [0.4, 0.5) is 10.1 Å². The molecule has 0 saturated carbocycles. The maximum absolute atomic E-state index is 13.2. The zero-order valence-electron chi connectivity index (χ0n) is 11.1. The Balaban J connectivity index is 2.52. The number of hydrogen-bond donors (Lipinski definition) is 1. The molecule has 0 fully saturated rings. The van der Waals surface area contributed by atoms with Crippen LogP contribution in [0.15, 0.2) is 34.5 Å². The lowest BCUT2D eigenvalue weighted by molar-refractivity contribution is 0.593. The minimum atomic E-state index is -3.74. The summed E-state index contributed by atoms with van der Waals surface area (Å²) in [5, 5.41) is 1.76. The van der Waals surface area contributed by atoms with Crippen LogP contribution in [-0.2, 0) is 16.6 Å². The summed E-state index contributed by atoms with van der Waals surface area (Å²) in [6.07, 6.45) is 0. The van der Waals surface area contributed by atoms with E-state index in [1.807, 2.05) is 0 Å². The first-order chi connectivity index (χ1) is 9.37. The fourth-order valence-electron chi connectivity index (χ4n) is 1.92.